The minimum atomic E-state index is -1.26. The second-order valence-electron chi connectivity index (χ2n) is 8.80. The number of aromatic carboxylic acids is 1. The van der Waals surface area contributed by atoms with Gasteiger partial charge < -0.3 is 19.4 Å². The van der Waals surface area contributed by atoms with Gasteiger partial charge in [-0.3, -0.25) is 0 Å². The van der Waals surface area contributed by atoms with E-state index in [1.807, 2.05) is 68.4 Å². The van der Waals surface area contributed by atoms with Crippen LogP contribution in [0.25, 0.3) is 31.6 Å². The number of carboxylic acid groups (broad SMARTS) is 1. The van der Waals surface area contributed by atoms with Gasteiger partial charge >= 0.3 is 29.6 Å². The maximum atomic E-state index is 12.4. The van der Waals surface area contributed by atoms with E-state index in [1.165, 1.54) is 0 Å². The molecule has 0 aliphatic heterocycles. The average molecular weight is 520 g/mol. The molecular weight excluding hydrogens is 493 g/mol. The topological polar surface area (TPSA) is 71.5 Å². The summed E-state index contributed by atoms with van der Waals surface area (Å²) in [5.41, 5.74) is 4.24. The first-order chi connectivity index (χ1) is 17.5. The quantitative estimate of drug-likeness (QED) is 0.295. The summed E-state index contributed by atoms with van der Waals surface area (Å²) in [4.78, 5) is 18.3. The molecule has 2 aromatic heterocycles. The van der Waals surface area contributed by atoms with Gasteiger partial charge in [-0.1, -0.05) is 54.6 Å². The van der Waals surface area contributed by atoms with Gasteiger partial charge in [0.05, 0.1) is 34.1 Å². The van der Waals surface area contributed by atoms with Crippen LogP contribution in [0.2, 0.25) is 0 Å². The van der Waals surface area contributed by atoms with Gasteiger partial charge in [0.2, 0.25) is 0 Å². The van der Waals surface area contributed by atoms with E-state index in [4.69, 9.17) is 14.5 Å². The van der Waals surface area contributed by atoms with Gasteiger partial charge in [0.15, 0.2) is 0 Å². The van der Waals surface area contributed by atoms with Crippen molar-refractivity contribution >= 4 is 38.3 Å². The molecule has 5 aromatic rings. The molecule has 0 spiro atoms. The number of methoxy groups -OCH3 is 1. The van der Waals surface area contributed by atoms with Crippen molar-refractivity contribution in [3.63, 3.8) is 0 Å². The van der Waals surface area contributed by atoms with Gasteiger partial charge in [0.25, 0.3) is 0 Å². The van der Waals surface area contributed by atoms with E-state index in [0.717, 1.165) is 31.7 Å². The van der Waals surface area contributed by atoms with E-state index in [2.05, 4.69) is 12.1 Å². The fourth-order valence-electron chi connectivity index (χ4n) is 4.58. The van der Waals surface area contributed by atoms with Crippen LogP contribution in [0.1, 0.15) is 39.6 Å². The van der Waals surface area contributed by atoms with Crippen molar-refractivity contribution in [3.05, 3.63) is 95.1 Å². The summed E-state index contributed by atoms with van der Waals surface area (Å²) in [6.45, 7) is 4.48. The van der Waals surface area contributed by atoms with Crippen molar-refractivity contribution in [1.82, 2.24) is 4.98 Å². The van der Waals surface area contributed by atoms with Crippen molar-refractivity contribution < 1.29 is 48.9 Å². The van der Waals surface area contributed by atoms with Crippen LogP contribution in [0.5, 0.6) is 5.75 Å². The van der Waals surface area contributed by atoms with E-state index in [9.17, 15) is 9.90 Å². The monoisotopic (exact) mass is 519 g/mol. The Kier molecular flexibility index (Phi) is 8.67. The maximum absolute atomic E-state index is 12.4. The Morgan fingerprint density at radius 1 is 1.03 bits per heavy atom. The third-order valence-corrected chi connectivity index (χ3v) is 7.74. The number of hydrogen-bond donors (Lipinski definition) is 0. The Hall–Kier alpha value is -2.74. The largest absolute Gasteiger partial charge is 1.00 e. The van der Waals surface area contributed by atoms with Gasteiger partial charge in [-0.15, -0.1) is 11.3 Å². The molecule has 0 bridgehead atoms. The Morgan fingerprint density at radius 3 is 2.46 bits per heavy atom. The Balaban J connectivity index is 0.00000320. The van der Waals surface area contributed by atoms with Crippen LogP contribution in [0.4, 0.5) is 0 Å². The van der Waals surface area contributed by atoms with Crippen LogP contribution in [0.3, 0.4) is 0 Å². The molecule has 0 aliphatic carbocycles. The molecule has 0 aliphatic rings. The number of hydrogen-bond acceptors (Lipinski definition) is 6. The first-order valence-electron chi connectivity index (χ1n) is 11.8. The summed E-state index contributed by atoms with van der Waals surface area (Å²) in [5.74, 6) is -0.794. The zero-order valence-corrected chi connectivity index (χ0v) is 24.2. The van der Waals surface area contributed by atoms with E-state index >= 15 is 0 Å². The Labute approximate surface area is 242 Å². The van der Waals surface area contributed by atoms with Gasteiger partial charge in [-0.25, -0.2) is 4.98 Å². The summed E-state index contributed by atoms with van der Waals surface area (Å²) < 4.78 is 12.9. The van der Waals surface area contributed by atoms with E-state index in [1.54, 1.807) is 24.5 Å². The molecule has 2 heterocycles. The predicted molar refractivity (Wildman–Crippen MR) is 143 cm³/mol. The van der Waals surface area contributed by atoms with Gasteiger partial charge in [-0.05, 0) is 54.1 Å². The molecule has 37 heavy (non-hydrogen) atoms. The summed E-state index contributed by atoms with van der Waals surface area (Å²) in [6, 6.07) is 23.4. The standard InChI is InChI=1S/C30H27NO4S.Na/c1-18-13-14-25(35-24(15-16-34-3)20-9-5-4-6-10-20)27-22(30(32)33)17-23(31-28(18)27)29-19(2)21-11-7-8-12-26(21)36-29;/h4-14,17,24H,15-16H2,1-3H3,(H,32,33);/q;+1/p-1. The molecule has 3 aromatic carbocycles. The molecule has 182 valence electrons. The number of aromatic nitrogens is 1. The minimum Gasteiger partial charge on any atom is -0.545 e. The molecule has 0 amide bonds. The van der Waals surface area contributed by atoms with Crippen LogP contribution in [0, 0.1) is 13.8 Å². The number of fused-ring (bicyclic) bond motifs is 2. The summed E-state index contributed by atoms with van der Waals surface area (Å²) in [6.07, 6.45) is 0.305. The van der Waals surface area contributed by atoms with Gasteiger partial charge in [0.1, 0.15) is 11.9 Å². The number of benzene rings is 3. The molecule has 5 nitrogen and oxygen atoms in total. The second-order valence-corrected chi connectivity index (χ2v) is 9.85. The number of thiophene rings is 1. The Morgan fingerprint density at radius 2 is 1.76 bits per heavy atom. The normalized spacial score (nSPS) is 11.9. The summed E-state index contributed by atoms with van der Waals surface area (Å²) in [7, 11) is 1.65. The molecule has 0 radical (unpaired) electrons. The van der Waals surface area contributed by atoms with Crippen LogP contribution in [-0.4, -0.2) is 24.7 Å². The SMILES string of the molecule is COCCC(Oc1ccc(C)c2nc(-c3sc4ccccc4c3C)cc(C(=O)[O-])c12)c1ccccc1.[Na+]. The third kappa shape index (κ3) is 5.44. The molecule has 0 saturated heterocycles. The average Bonchev–Trinajstić information content (AvgIpc) is 3.24. The van der Waals surface area contributed by atoms with E-state index in [-0.39, 0.29) is 41.2 Å². The first-order valence-corrected chi connectivity index (χ1v) is 12.6. The zero-order chi connectivity index (χ0) is 25.2. The molecular formula is C30H26NNaO4S. The van der Waals surface area contributed by atoms with Crippen molar-refractivity contribution in [2.45, 2.75) is 26.4 Å². The van der Waals surface area contributed by atoms with Crippen molar-refractivity contribution in [1.29, 1.82) is 0 Å². The number of carboxylic acids is 1. The van der Waals surface area contributed by atoms with E-state index < -0.39 is 5.97 Å². The molecule has 5 rings (SSSR count). The van der Waals surface area contributed by atoms with Crippen LogP contribution in [-0.2, 0) is 4.74 Å². The number of carbonyl (C=O) groups excluding carboxylic acids is 1. The van der Waals surface area contributed by atoms with E-state index in [0.29, 0.717) is 35.4 Å². The third-order valence-electron chi connectivity index (χ3n) is 6.45. The fourth-order valence-corrected chi connectivity index (χ4v) is 5.75. The second kappa shape index (κ2) is 11.8. The molecule has 1 atom stereocenters. The number of rotatable bonds is 8. The van der Waals surface area contributed by atoms with Crippen LogP contribution < -0.4 is 39.4 Å². The number of aryl methyl sites for hydroxylation is 2. The molecule has 7 heteroatoms. The van der Waals surface area contributed by atoms with Crippen molar-refractivity contribution in [3.8, 4) is 16.3 Å². The van der Waals surface area contributed by atoms with Crippen LogP contribution >= 0.6 is 11.3 Å². The molecule has 0 saturated carbocycles. The fraction of sp³-hybridized carbons (Fsp3) is 0.200. The zero-order valence-electron chi connectivity index (χ0n) is 21.4. The minimum absolute atomic E-state index is 0. The number of ether oxygens (including phenoxy) is 2. The molecule has 1 unspecified atom stereocenters. The smallest absolute Gasteiger partial charge is 0.545 e. The van der Waals surface area contributed by atoms with Crippen molar-refractivity contribution in [2.24, 2.45) is 0 Å². The predicted octanol–water partition coefficient (Wildman–Crippen LogP) is 3.26. The molecule has 0 N–H and O–H groups in total. The summed E-state index contributed by atoms with van der Waals surface area (Å²) in [5, 5.41) is 14.0. The first kappa shape index (κ1) is 27.3. The summed E-state index contributed by atoms with van der Waals surface area (Å²) >= 11 is 1.61. The van der Waals surface area contributed by atoms with Crippen molar-refractivity contribution in [2.75, 3.05) is 13.7 Å². The van der Waals surface area contributed by atoms with Gasteiger partial charge in [0, 0.05) is 23.8 Å². The number of pyridine rings is 1. The van der Waals surface area contributed by atoms with Crippen LogP contribution in [0.15, 0.2) is 72.8 Å². The van der Waals surface area contributed by atoms with Gasteiger partial charge in [-0.2, -0.15) is 0 Å². The Bertz CT molecular complexity index is 1570. The number of nitrogens with zero attached hydrogens (tertiary/aromatic N) is 1. The number of carbonyl (C=O) groups is 1. The molecule has 0 fully saturated rings. The maximum Gasteiger partial charge on any atom is 1.00 e.